The number of rotatable bonds is 6. The second-order valence-corrected chi connectivity index (χ2v) is 10.1. The molecule has 0 saturated heterocycles. The van der Waals surface area contributed by atoms with Crippen molar-refractivity contribution in [2.24, 2.45) is 4.99 Å². The number of hydrogen-bond acceptors (Lipinski definition) is 6. The van der Waals surface area contributed by atoms with Crippen LogP contribution in [0.1, 0.15) is 24.3 Å². The molecular formula is C28H20Cl2N2O4S. The maximum Gasteiger partial charge on any atom is 0.338 e. The molecule has 3 heterocycles. The average molecular weight is 551 g/mol. The molecule has 186 valence electrons. The molecule has 2 aromatic carbocycles. The quantitative estimate of drug-likeness (QED) is 0.233. The van der Waals surface area contributed by atoms with Gasteiger partial charge in [0, 0.05) is 16.7 Å². The molecule has 1 atom stereocenters. The number of fused-ring (bicyclic) bond motifs is 1. The summed E-state index contributed by atoms with van der Waals surface area (Å²) in [6.45, 7) is 5.40. The molecule has 1 aliphatic rings. The summed E-state index contributed by atoms with van der Waals surface area (Å²) in [6.07, 6.45) is 3.16. The third-order valence-corrected chi connectivity index (χ3v) is 7.32. The summed E-state index contributed by atoms with van der Waals surface area (Å²) in [5.41, 5.74) is 1.97. The van der Waals surface area contributed by atoms with Crippen LogP contribution in [0.25, 0.3) is 17.4 Å². The average Bonchev–Trinajstić information content (AvgIpc) is 3.46. The van der Waals surface area contributed by atoms with Crippen LogP contribution in [-0.2, 0) is 9.53 Å². The van der Waals surface area contributed by atoms with Gasteiger partial charge in [0.05, 0.1) is 26.9 Å². The molecular weight excluding hydrogens is 531 g/mol. The fraction of sp³-hybridized carbons (Fsp3) is 0.107. The van der Waals surface area contributed by atoms with Crippen molar-refractivity contribution in [3.63, 3.8) is 0 Å². The molecule has 0 saturated carbocycles. The molecule has 1 aliphatic heterocycles. The van der Waals surface area contributed by atoms with Crippen LogP contribution < -0.4 is 14.9 Å². The van der Waals surface area contributed by atoms with Gasteiger partial charge in [-0.2, -0.15) is 0 Å². The number of carbonyl (C=O) groups excluding carboxylic acids is 1. The lowest BCUT2D eigenvalue weighted by Crippen LogP contribution is -2.39. The summed E-state index contributed by atoms with van der Waals surface area (Å²) in [7, 11) is 0. The fourth-order valence-corrected chi connectivity index (χ4v) is 5.67. The van der Waals surface area contributed by atoms with Gasteiger partial charge in [0.1, 0.15) is 18.1 Å². The van der Waals surface area contributed by atoms with Gasteiger partial charge in [-0.15, -0.1) is 0 Å². The van der Waals surface area contributed by atoms with Crippen LogP contribution in [0.5, 0.6) is 0 Å². The molecule has 0 fully saturated rings. The largest absolute Gasteiger partial charge is 0.458 e. The van der Waals surface area contributed by atoms with Gasteiger partial charge in [-0.25, -0.2) is 9.79 Å². The summed E-state index contributed by atoms with van der Waals surface area (Å²) in [5, 5.41) is 0.986. The molecule has 0 N–H and O–H groups in total. The molecule has 0 amide bonds. The van der Waals surface area contributed by atoms with E-state index in [2.05, 4.69) is 11.6 Å². The Hall–Kier alpha value is -3.65. The first-order chi connectivity index (χ1) is 17.9. The number of furan rings is 1. The van der Waals surface area contributed by atoms with E-state index in [1.807, 2.05) is 30.3 Å². The van der Waals surface area contributed by atoms with Gasteiger partial charge in [0.25, 0.3) is 5.56 Å². The molecule has 0 bridgehead atoms. The summed E-state index contributed by atoms with van der Waals surface area (Å²) in [6, 6.07) is 17.3. The molecule has 9 heteroatoms. The third kappa shape index (κ3) is 4.85. The zero-order chi connectivity index (χ0) is 26.1. The number of esters is 1. The molecule has 0 spiro atoms. The lowest BCUT2D eigenvalue weighted by Gasteiger charge is -2.24. The van der Waals surface area contributed by atoms with E-state index in [-0.39, 0.29) is 12.2 Å². The van der Waals surface area contributed by atoms with E-state index in [0.717, 1.165) is 5.56 Å². The van der Waals surface area contributed by atoms with Crippen LogP contribution >= 0.6 is 34.5 Å². The second kappa shape index (κ2) is 10.4. The predicted molar refractivity (Wildman–Crippen MR) is 146 cm³/mol. The number of hydrogen-bond donors (Lipinski definition) is 0. The molecule has 0 aliphatic carbocycles. The van der Waals surface area contributed by atoms with Crippen molar-refractivity contribution in [2.75, 3.05) is 6.61 Å². The lowest BCUT2D eigenvalue weighted by molar-refractivity contribution is -0.138. The van der Waals surface area contributed by atoms with Crippen molar-refractivity contribution in [3.05, 3.63) is 126 Å². The maximum atomic E-state index is 13.7. The minimum atomic E-state index is -0.683. The van der Waals surface area contributed by atoms with Crippen molar-refractivity contribution < 1.29 is 13.9 Å². The van der Waals surface area contributed by atoms with E-state index in [0.29, 0.717) is 47.7 Å². The number of nitrogens with zero attached hydrogens (tertiary/aromatic N) is 2. The Labute approximate surface area is 226 Å². The van der Waals surface area contributed by atoms with Gasteiger partial charge in [-0.05, 0) is 42.8 Å². The van der Waals surface area contributed by atoms with Crippen LogP contribution in [0.4, 0.5) is 0 Å². The van der Waals surface area contributed by atoms with Gasteiger partial charge < -0.3 is 9.15 Å². The minimum Gasteiger partial charge on any atom is -0.458 e. The maximum absolute atomic E-state index is 13.7. The molecule has 37 heavy (non-hydrogen) atoms. The first-order valence-electron chi connectivity index (χ1n) is 11.3. The molecule has 5 rings (SSSR count). The monoisotopic (exact) mass is 550 g/mol. The van der Waals surface area contributed by atoms with Crippen molar-refractivity contribution in [3.8, 4) is 11.3 Å². The van der Waals surface area contributed by atoms with Crippen LogP contribution in [0.2, 0.25) is 10.0 Å². The highest BCUT2D eigenvalue weighted by Gasteiger charge is 2.33. The number of aromatic nitrogens is 1. The number of ether oxygens (including phenoxy) is 1. The molecule has 0 unspecified atom stereocenters. The molecule has 2 aromatic heterocycles. The smallest absolute Gasteiger partial charge is 0.338 e. The SMILES string of the molecule is C=CCOC(=O)C1=C(C)N=c2s/c(=C/c3ccc(-c4ccc(Cl)cc4Cl)o3)c(=O)n2[C@H]1c1ccccc1. The highest BCUT2D eigenvalue weighted by atomic mass is 35.5. The Kier molecular flexibility index (Phi) is 7.02. The summed E-state index contributed by atoms with van der Waals surface area (Å²) < 4.78 is 13.3. The highest BCUT2D eigenvalue weighted by molar-refractivity contribution is 7.07. The minimum absolute atomic E-state index is 0.0556. The first kappa shape index (κ1) is 25.0. The van der Waals surface area contributed by atoms with Crippen LogP contribution in [-0.4, -0.2) is 17.1 Å². The Morgan fingerprint density at radius 3 is 2.70 bits per heavy atom. The summed E-state index contributed by atoms with van der Waals surface area (Å²) in [5.74, 6) is 0.481. The van der Waals surface area contributed by atoms with Gasteiger partial charge in [0.15, 0.2) is 4.80 Å². The van der Waals surface area contributed by atoms with E-state index in [1.54, 1.807) is 43.3 Å². The van der Waals surface area contributed by atoms with E-state index in [4.69, 9.17) is 32.4 Å². The van der Waals surface area contributed by atoms with E-state index >= 15 is 0 Å². The topological polar surface area (TPSA) is 73.8 Å². The standard InChI is InChI=1S/C28H20Cl2N2O4S/c1-3-13-35-27(34)24-16(2)31-28-32(25(24)17-7-5-4-6-8-17)26(33)23(37-28)15-19-10-12-22(36-19)20-11-9-18(29)14-21(20)30/h3-12,14-15,25H,1,13H2,2H3/b23-15+/t25-/m0/s1. The van der Waals surface area contributed by atoms with E-state index < -0.39 is 12.0 Å². The zero-order valence-corrected chi connectivity index (χ0v) is 21.9. The fourth-order valence-electron chi connectivity index (χ4n) is 4.14. The molecule has 0 radical (unpaired) electrons. The number of halogens is 2. The Morgan fingerprint density at radius 2 is 1.97 bits per heavy atom. The van der Waals surface area contributed by atoms with Crippen LogP contribution in [0.3, 0.4) is 0 Å². The van der Waals surface area contributed by atoms with Crippen LogP contribution in [0, 0.1) is 0 Å². The van der Waals surface area contributed by atoms with E-state index in [9.17, 15) is 9.59 Å². The van der Waals surface area contributed by atoms with Gasteiger partial charge >= 0.3 is 5.97 Å². The number of carbonyl (C=O) groups is 1. The number of allylic oxidation sites excluding steroid dienone is 1. The number of benzene rings is 2. The van der Waals surface area contributed by atoms with Gasteiger partial charge in [-0.3, -0.25) is 9.36 Å². The van der Waals surface area contributed by atoms with Crippen molar-refractivity contribution in [2.45, 2.75) is 13.0 Å². The van der Waals surface area contributed by atoms with Gasteiger partial charge in [0.2, 0.25) is 0 Å². The van der Waals surface area contributed by atoms with Crippen molar-refractivity contribution in [1.29, 1.82) is 0 Å². The molecule has 6 nitrogen and oxygen atoms in total. The third-order valence-electron chi connectivity index (χ3n) is 5.79. The Bertz CT molecular complexity index is 1730. The highest BCUT2D eigenvalue weighted by Crippen LogP contribution is 2.32. The zero-order valence-electron chi connectivity index (χ0n) is 19.6. The normalized spacial score (nSPS) is 15.3. The second-order valence-electron chi connectivity index (χ2n) is 8.21. The van der Waals surface area contributed by atoms with Crippen molar-refractivity contribution in [1.82, 2.24) is 4.57 Å². The van der Waals surface area contributed by atoms with Crippen molar-refractivity contribution >= 4 is 46.6 Å². The lowest BCUT2D eigenvalue weighted by atomic mass is 9.96. The first-order valence-corrected chi connectivity index (χ1v) is 12.9. The predicted octanol–water partition coefficient (Wildman–Crippen LogP) is 5.53. The van der Waals surface area contributed by atoms with E-state index in [1.165, 1.54) is 22.0 Å². The summed E-state index contributed by atoms with van der Waals surface area (Å²) in [4.78, 5) is 31.8. The Balaban J connectivity index is 1.62. The molecule has 4 aromatic rings. The van der Waals surface area contributed by atoms with Crippen LogP contribution in [0.15, 0.2) is 98.8 Å². The number of thiazole rings is 1. The van der Waals surface area contributed by atoms with Gasteiger partial charge in [-0.1, -0.05) is 77.5 Å². The summed E-state index contributed by atoms with van der Waals surface area (Å²) >= 11 is 13.5. The Morgan fingerprint density at radius 1 is 1.19 bits per heavy atom.